The van der Waals surface area contributed by atoms with Crippen LogP contribution in [0.1, 0.15) is 20.8 Å². The van der Waals surface area contributed by atoms with Gasteiger partial charge in [0.1, 0.15) is 0 Å². The molecule has 1 atom stereocenters. The smallest absolute Gasteiger partial charge is 0.153 e. The summed E-state index contributed by atoms with van der Waals surface area (Å²) < 4.78 is 22.9. The lowest BCUT2D eigenvalue weighted by Gasteiger charge is -2.40. The van der Waals surface area contributed by atoms with Gasteiger partial charge in [0.05, 0.1) is 11.5 Å². The SMILES string of the molecule is CN1CCS(=O)(=O)CC1C(C)(C)C. The van der Waals surface area contributed by atoms with Crippen LogP contribution in [0.3, 0.4) is 0 Å². The first-order valence-electron chi connectivity index (χ1n) is 4.63. The van der Waals surface area contributed by atoms with Crippen molar-refractivity contribution in [1.82, 2.24) is 4.90 Å². The van der Waals surface area contributed by atoms with Gasteiger partial charge in [-0.1, -0.05) is 20.8 Å². The van der Waals surface area contributed by atoms with Gasteiger partial charge in [0.15, 0.2) is 9.84 Å². The lowest BCUT2D eigenvalue weighted by Crippen LogP contribution is -2.52. The molecule has 13 heavy (non-hydrogen) atoms. The van der Waals surface area contributed by atoms with Crippen molar-refractivity contribution in [1.29, 1.82) is 0 Å². The van der Waals surface area contributed by atoms with Crippen LogP contribution in [0.25, 0.3) is 0 Å². The van der Waals surface area contributed by atoms with Crippen LogP contribution < -0.4 is 0 Å². The summed E-state index contributed by atoms with van der Waals surface area (Å²) in [6.07, 6.45) is 0. The Bertz CT molecular complexity index is 276. The Kier molecular flexibility index (Phi) is 2.74. The molecule has 0 bridgehead atoms. The molecular formula is C9H19NO2S. The fourth-order valence-electron chi connectivity index (χ4n) is 1.80. The number of rotatable bonds is 0. The second-order valence-corrected chi connectivity index (χ2v) is 7.21. The molecule has 78 valence electrons. The molecular weight excluding hydrogens is 186 g/mol. The van der Waals surface area contributed by atoms with Crippen molar-refractivity contribution >= 4 is 9.84 Å². The van der Waals surface area contributed by atoms with Gasteiger partial charge >= 0.3 is 0 Å². The number of sulfone groups is 1. The predicted molar refractivity (Wildman–Crippen MR) is 54.5 cm³/mol. The first-order chi connectivity index (χ1) is 5.72. The number of nitrogens with zero attached hydrogens (tertiary/aromatic N) is 1. The van der Waals surface area contributed by atoms with Crippen LogP contribution in [0.4, 0.5) is 0 Å². The van der Waals surface area contributed by atoms with Gasteiger partial charge in [-0.3, -0.25) is 0 Å². The highest BCUT2D eigenvalue weighted by Crippen LogP contribution is 2.27. The third-order valence-corrected chi connectivity index (χ3v) is 4.33. The standard InChI is InChI=1S/C9H19NO2S/c1-9(2,3)8-7-13(11,12)6-5-10(8)4/h8H,5-7H2,1-4H3. The predicted octanol–water partition coefficient (Wildman–Crippen LogP) is 0.761. The van der Waals surface area contributed by atoms with Crippen LogP contribution in [0.2, 0.25) is 0 Å². The maximum Gasteiger partial charge on any atom is 0.153 e. The van der Waals surface area contributed by atoms with E-state index in [4.69, 9.17) is 0 Å². The molecule has 1 rings (SSSR count). The van der Waals surface area contributed by atoms with Crippen molar-refractivity contribution in [3.05, 3.63) is 0 Å². The summed E-state index contributed by atoms with van der Waals surface area (Å²) in [5.74, 6) is 0.628. The maximum absolute atomic E-state index is 11.4. The van der Waals surface area contributed by atoms with E-state index in [1.165, 1.54) is 0 Å². The molecule has 0 saturated carbocycles. The third kappa shape index (κ3) is 2.68. The summed E-state index contributed by atoms with van der Waals surface area (Å²) in [4.78, 5) is 2.15. The van der Waals surface area contributed by atoms with Crippen LogP contribution in [-0.4, -0.2) is 44.5 Å². The fourth-order valence-corrected chi connectivity index (χ4v) is 3.77. The van der Waals surface area contributed by atoms with Crippen LogP contribution >= 0.6 is 0 Å². The Morgan fingerprint density at radius 3 is 2.23 bits per heavy atom. The molecule has 4 heteroatoms. The lowest BCUT2D eigenvalue weighted by molar-refractivity contribution is 0.143. The monoisotopic (exact) mass is 205 g/mol. The molecule has 1 saturated heterocycles. The van der Waals surface area contributed by atoms with Gasteiger partial charge in [0.2, 0.25) is 0 Å². The van der Waals surface area contributed by atoms with E-state index in [0.29, 0.717) is 18.1 Å². The molecule has 0 amide bonds. The minimum Gasteiger partial charge on any atom is -0.301 e. The quantitative estimate of drug-likeness (QED) is 0.586. The lowest BCUT2D eigenvalue weighted by atomic mass is 9.87. The van der Waals surface area contributed by atoms with E-state index < -0.39 is 9.84 Å². The third-order valence-electron chi connectivity index (χ3n) is 2.70. The Labute approximate surface area is 81.0 Å². The normalized spacial score (nSPS) is 30.3. The molecule has 1 fully saturated rings. The highest BCUT2D eigenvalue weighted by molar-refractivity contribution is 7.91. The van der Waals surface area contributed by atoms with Gasteiger partial charge in [0, 0.05) is 12.6 Å². The van der Waals surface area contributed by atoms with E-state index in [1.54, 1.807) is 0 Å². The molecule has 0 aromatic carbocycles. The van der Waals surface area contributed by atoms with E-state index in [9.17, 15) is 8.42 Å². The second kappa shape index (κ2) is 3.24. The summed E-state index contributed by atoms with van der Waals surface area (Å²) in [6, 6.07) is 0.159. The number of hydrogen-bond acceptors (Lipinski definition) is 3. The van der Waals surface area contributed by atoms with Crippen molar-refractivity contribution < 1.29 is 8.42 Å². The Balaban J connectivity index is 2.84. The van der Waals surface area contributed by atoms with Crippen LogP contribution in [0.15, 0.2) is 0 Å². The van der Waals surface area contributed by atoms with Crippen molar-refractivity contribution in [2.24, 2.45) is 5.41 Å². The average molecular weight is 205 g/mol. The van der Waals surface area contributed by atoms with E-state index in [2.05, 4.69) is 25.7 Å². The zero-order valence-electron chi connectivity index (χ0n) is 8.87. The van der Waals surface area contributed by atoms with E-state index in [0.717, 1.165) is 0 Å². The molecule has 1 heterocycles. The van der Waals surface area contributed by atoms with E-state index in [1.807, 2.05) is 7.05 Å². The maximum atomic E-state index is 11.4. The molecule has 3 nitrogen and oxygen atoms in total. The van der Waals surface area contributed by atoms with Crippen molar-refractivity contribution in [3.8, 4) is 0 Å². The Hall–Kier alpha value is -0.0900. The first-order valence-corrected chi connectivity index (χ1v) is 6.45. The van der Waals surface area contributed by atoms with Gasteiger partial charge in [0.25, 0.3) is 0 Å². The molecule has 0 aromatic heterocycles. The highest BCUT2D eigenvalue weighted by Gasteiger charge is 2.36. The average Bonchev–Trinajstić information content (AvgIpc) is 1.92. The Morgan fingerprint density at radius 1 is 1.31 bits per heavy atom. The highest BCUT2D eigenvalue weighted by atomic mass is 32.2. The van der Waals surface area contributed by atoms with Crippen LogP contribution in [0.5, 0.6) is 0 Å². The van der Waals surface area contributed by atoms with Gasteiger partial charge in [-0.15, -0.1) is 0 Å². The molecule has 1 unspecified atom stereocenters. The summed E-state index contributed by atoms with van der Waals surface area (Å²) in [6.45, 7) is 6.95. The summed E-state index contributed by atoms with van der Waals surface area (Å²) in [5, 5.41) is 0. The zero-order valence-corrected chi connectivity index (χ0v) is 9.69. The summed E-state index contributed by atoms with van der Waals surface area (Å²) >= 11 is 0. The minimum absolute atomic E-state index is 0.0439. The van der Waals surface area contributed by atoms with Gasteiger partial charge in [-0.2, -0.15) is 0 Å². The second-order valence-electron chi connectivity index (χ2n) is 4.98. The zero-order chi connectivity index (χ0) is 10.3. The van der Waals surface area contributed by atoms with Gasteiger partial charge in [-0.05, 0) is 12.5 Å². The van der Waals surface area contributed by atoms with Crippen LogP contribution in [-0.2, 0) is 9.84 Å². The van der Waals surface area contributed by atoms with Crippen molar-refractivity contribution in [2.45, 2.75) is 26.8 Å². The van der Waals surface area contributed by atoms with Gasteiger partial charge in [-0.25, -0.2) is 8.42 Å². The van der Waals surface area contributed by atoms with E-state index >= 15 is 0 Å². The molecule has 1 aliphatic heterocycles. The molecule has 0 aromatic rings. The molecule has 0 radical (unpaired) electrons. The van der Waals surface area contributed by atoms with Crippen molar-refractivity contribution in [3.63, 3.8) is 0 Å². The summed E-state index contributed by atoms with van der Waals surface area (Å²) in [5.41, 5.74) is 0.0439. The molecule has 1 aliphatic rings. The first kappa shape index (κ1) is 11.0. The van der Waals surface area contributed by atoms with E-state index in [-0.39, 0.29) is 11.5 Å². The number of hydrogen-bond donors (Lipinski definition) is 0. The van der Waals surface area contributed by atoms with Gasteiger partial charge < -0.3 is 4.90 Å². The Morgan fingerprint density at radius 2 is 1.85 bits per heavy atom. The minimum atomic E-state index is -2.79. The summed E-state index contributed by atoms with van der Waals surface area (Å²) in [7, 11) is -0.785. The molecule has 0 aliphatic carbocycles. The topological polar surface area (TPSA) is 37.4 Å². The molecule has 0 N–H and O–H groups in total. The fraction of sp³-hybridized carbons (Fsp3) is 1.00. The van der Waals surface area contributed by atoms with Crippen LogP contribution in [0, 0.1) is 5.41 Å². The molecule has 0 spiro atoms. The largest absolute Gasteiger partial charge is 0.301 e. The van der Waals surface area contributed by atoms with Crippen molar-refractivity contribution in [2.75, 3.05) is 25.1 Å².